The fourth-order valence-corrected chi connectivity index (χ4v) is 1.74. The van der Waals surface area contributed by atoms with Gasteiger partial charge in [-0.15, -0.1) is 0 Å². The van der Waals surface area contributed by atoms with Crippen molar-refractivity contribution in [2.75, 3.05) is 20.2 Å². The summed E-state index contributed by atoms with van der Waals surface area (Å²) in [6.07, 6.45) is 2.63. The van der Waals surface area contributed by atoms with E-state index >= 15 is 0 Å². The van der Waals surface area contributed by atoms with Crippen molar-refractivity contribution in [2.24, 2.45) is 0 Å². The Hall–Kier alpha value is -1.92. The zero-order valence-corrected chi connectivity index (χ0v) is 12.9. The van der Waals surface area contributed by atoms with Gasteiger partial charge in [0.15, 0.2) is 5.82 Å². The van der Waals surface area contributed by atoms with Gasteiger partial charge in [-0.1, -0.05) is 12.1 Å². The number of carbonyl (C=O) groups is 2. The van der Waals surface area contributed by atoms with Crippen molar-refractivity contribution in [2.45, 2.75) is 46.0 Å². The summed E-state index contributed by atoms with van der Waals surface area (Å²) in [6.45, 7) is 4.50. The van der Waals surface area contributed by atoms with Crippen LogP contribution < -0.4 is 0 Å². The molecule has 0 aliphatic heterocycles. The fraction of sp³-hybridized carbons (Fsp3) is 0.714. The van der Waals surface area contributed by atoms with Gasteiger partial charge in [0, 0.05) is 32.9 Å². The molecular formula is C14H23N3O4. The number of aromatic nitrogens is 2. The van der Waals surface area contributed by atoms with E-state index < -0.39 is 0 Å². The average molecular weight is 297 g/mol. The summed E-state index contributed by atoms with van der Waals surface area (Å²) in [5.41, 5.74) is 0. The van der Waals surface area contributed by atoms with Crippen LogP contribution in [0.1, 0.15) is 44.8 Å². The molecule has 0 N–H and O–H groups in total. The molecule has 118 valence electrons. The standard InChI is InChI=1S/C14H23N3O4/c1-4-6-11-15-12(21-16-11)7-8-13(18)17(3)10-9-14(19)20-5-2/h4-10H2,1-3H3. The maximum absolute atomic E-state index is 11.9. The van der Waals surface area contributed by atoms with Gasteiger partial charge in [0.25, 0.3) is 0 Å². The molecule has 0 bridgehead atoms. The van der Waals surface area contributed by atoms with E-state index in [1.165, 1.54) is 4.90 Å². The van der Waals surface area contributed by atoms with Crippen LogP contribution in [-0.4, -0.2) is 47.1 Å². The third-order valence-corrected chi connectivity index (χ3v) is 2.92. The highest BCUT2D eigenvalue weighted by atomic mass is 16.5. The Morgan fingerprint density at radius 1 is 1.24 bits per heavy atom. The maximum Gasteiger partial charge on any atom is 0.307 e. The van der Waals surface area contributed by atoms with Crippen molar-refractivity contribution in [3.8, 4) is 0 Å². The number of nitrogens with zero attached hydrogens (tertiary/aromatic N) is 3. The van der Waals surface area contributed by atoms with Crippen LogP contribution in [0.2, 0.25) is 0 Å². The summed E-state index contributed by atoms with van der Waals surface area (Å²) >= 11 is 0. The Morgan fingerprint density at radius 3 is 2.67 bits per heavy atom. The zero-order valence-electron chi connectivity index (χ0n) is 12.9. The second-order valence-corrected chi connectivity index (χ2v) is 4.72. The first-order chi connectivity index (χ1) is 10.1. The van der Waals surface area contributed by atoms with Crippen LogP contribution >= 0.6 is 0 Å². The second kappa shape index (κ2) is 9.10. The highest BCUT2D eigenvalue weighted by Gasteiger charge is 2.13. The fourth-order valence-electron chi connectivity index (χ4n) is 1.74. The van der Waals surface area contributed by atoms with Gasteiger partial charge < -0.3 is 14.2 Å². The number of hydrogen-bond acceptors (Lipinski definition) is 6. The van der Waals surface area contributed by atoms with Crippen molar-refractivity contribution in [1.82, 2.24) is 15.0 Å². The third-order valence-electron chi connectivity index (χ3n) is 2.92. The normalized spacial score (nSPS) is 10.4. The van der Waals surface area contributed by atoms with Gasteiger partial charge in [-0.2, -0.15) is 4.98 Å². The first-order valence-electron chi connectivity index (χ1n) is 7.27. The van der Waals surface area contributed by atoms with Crippen LogP contribution in [-0.2, 0) is 27.2 Å². The van der Waals surface area contributed by atoms with E-state index in [2.05, 4.69) is 10.1 Å². The Morgan fingerprint density at radius 2 is 2.00 bits per heavy atom. The van der Waals surface area contributed by atoms with E-state index in [1.54, 1.807) is 14.0 Å². The minimum Gasteiger partial charge on any atom is -0.466 e. The number of hydrogen-bond donors (Lipinski definition) is 0. The Kier molecular flexibility index (Phi) is 7.42. The molecule has 0 atom stereocenters. The number of amides is 1. The number of carbonyl (C=O) groups excluding carboxylic acids is 2. The van der Waals surface area contributed by atoms with E-state index in [9.17, 15) is 9.59 Å². The van der Waals surface area contributed by atoms with Crippen molar-refractivity contribution >= 4 is 11.9 Å². The molecule has 0 saturated heterocycles. The summed E-state index contributed by atoms with van der Waals surface area (Å²) in [5.74, 6) is 0.800. The molecule has 1 aromatic heterocycles. The lowest BCUT2D eigenvalue weighted by Gasteiger charge is -2.15. The molecule has 7 nitrogen and oxygen atoms in total. The summed E-state index contributed by atoms with van der Waals surface area (Å²) < 4.78 is 9.89. The van der Waals surface area contributed by atoms with Gasteiger partial charge in [-0.3, -0.25) is 9.59 Å². The smallest absolute Gasteiger partial charge is 0.307 e. The summed E-state index contributed by atoms with van der Waals surface area (Å²) in [6, 6.07) is 0. The molecular weight excluding hydrogens is 274 g/mol. The summed E-state index contributed by atoms with van der Waals surface area (Å²) in [4.78, 5) is 28.8. The van der Waals surface area contributed by atoms with E-state index in [-0.39, 0.29) is 24.7 Å². The Bertz CT molecular complexity index is 459. The zero-order chi connectivity index (χ0) is 15.7. The minimum absolute atomic E-state index is 0.0606. The molecule has 1 heterocycles. The number of esters is 1. The molecule has 0 aliphatic carbocycles. The molecule has 0 saturated carbocycles. The van der Waals surface area contributed by atoms with Gasteiger partial charge in [-0.25, -0.2) is 0 Å². The molecule has 21 heavy (non-hydrogen) atoms. The Labute approximate surface area is 124 Å². The molecule has 1 amide bonds. The van der Waals surface area contributed by atoms with E-state index in [1.807, 2.05) is 6.92 Å². The van der Waals surface area contributed by atoms with Gasteiger partial charge in [0.1, 0.15) is 0 Å². The van der Waals surface area contributed by atoms with Crippen LogP contribution in [0.15, 0.2) is 4.52 Å². The predicted octanol–water partition coefficient (Wildman–Crippen LogP) is 1.37. The quantitative estimate of drug-likeness (QED) is 0.640. The number of ether oxygens (including phenoxy) is 1. The van der Waals surface area contributed by atoms with Crippen LogP contribution in [0.5, 0.6) is 0 Å². The molecule has 7 heteroatoms. The lowest BCUT2D eigenvalue weighted by molar-refractivity contribution is -0.143. The minimum atomic E-state index is -0.293. The molecule has 0 aromatic carbocycles. The van der Waals surface area contributed by atoms with E-state index in [0.29, 0.717) is 31.3 Å². The monoisotopic (exact) mass is 297 g/mol. The van der Waals surface area contributed by atoms with Crippen LogP contribution in [0.25, 0.3) is 0 Å². The first kappa shape index (κ1) is 17.1. The highest BCUT2D eigenvalue weighted by Crippen LogP contribution is 2.05. The predicted molar refractivity (Wildman–Crippen MR) is 75.5 cm³/mol. The van der Waals surface area contributed by atoms with Crippen LogP contribution in [0.3, 0.4) is 0 Å². The largest absolute Gasteiger partial charge is 0.466 e. The number of aryl methyl sites for hydroxylation is 2. The van der Waals surface area contributed by atoms with Crippen LogP contribution in [0, 0.1) is 0 Å². The molecule has 0 aliphatic rings. The molecule has 0 spiro atoms. The SMILES string of the molecule is CCCc1noc(CCC(=O)N(C)CCC(=O)OCC)n1. The van der Waals surface area contributed by atoms with Crippen molar-refractivity contribution < 1.29 is 18.8 Å². The van der Waals surface area contributed by atoms with Crippen molar-refractivity contribution in [3.05, 3.63) is 11.7 Å². The van der Waals surface area contributed by atoms with E-state index in [4.69, 9.17) is 9.26 Å². The molecule has 0 radical (unpaired) electrons. The topological polar surface area (TPSA) is 85.5 Å². The summed E-state index contributed by atoms with van der Waals surface area (Å²) in [5, 5.41) is 3.84. The van der Waals surface area contributed by atoms with Gasteiger partial charge >= 0.3 is 5.97 Å². The second-order valence-electron chi connectivity index (χ2n) is 4.72. The van der Waals surface area contributed by atoms with E-state index in [0.717, 1.165) is 12.8 Å². The summed E-state index contributed by atoms with van der Waals surface area (Å²) in [7, 11) is 1.66. The average Bonchev–Trinajstić information content (AvgIpc) is 2.90. The molecule has 0 unspecified atom stereocenters. The van der Waals surface area contributed by atoms with Gasteiger partial charge in [0.05, 0.1) is 13.0 Å². The van der Waals surface area contributed by atoms with Gasteiger partial charge in [-0.05, 0) is 13.3 Å². The first-order valence-corrected chi connectivity index (χ1v) is 7.27. The number of rotatable bonds is 9. The molecule has 1 rings (SSSR count). The van der Waals surface area contributed by atoms with Crippen molar-refractivity contribution in [1.29, 1.82) is 0 Å². The van der Waals surface area contributed by atoms with Crippen LogP contribution in [0.4, 0.5) is 0 Å². The van der Waals surface area contributed by atoms with Gasteiger partial charge in [0.2, 0.25) is 11.8 Å². The Balaban J connectivity index is 2.29. The third kappa shape index (κ3) is 6.37. The lowest BCUT2D eigenvalue weighted by Crippen LogP contribution is -2.29. The molecule has 0 fully saturated rings. The maximum atomic E-state index is 11.9. The molecule has 1 aromatic rings. The van der Waals surface area contributed by atoms with Crippen molar-refractivity contribution in [3.63, 3.8) is 0 Å². The lowest BCUT2D eigenvalue weighted by atomic mass is 10.2. The highest BCUT2D eigenvalue weighted by molar-refractivity contribution is 5.77.